The van der Waals surface area contributed by atoms with Crippen LogP contribution in [0.5, 0.6) is 0 Å². The summed E-state index contributed by atoms with van der Waals surface area (Å²) in [6, 6.07) is 0. The number of aryl methyl sites for hydroxylation is 1. The van der Waals surface area contributed by atoms with Gasteiger partial charge in [-0.1, -0.05) is 23.8 Å². The first kappa shape index (κ1) is 12.1. The first-order valence-corrected chi connectivity index (χ1v) is 7.61. The zero-order valence-corrected chi connectivity index (χ0v) is 11.0. The van der Waals surface area contributed by atoms with Crippen LogP contribution in [0.4, 0.5) is 0 Å². The third-order valence-electron chi connectivity index (χ3n) is 2.79. The van der Waals surface area contributed by atoms with E-state index in [-0.39, 0.29) is 6.10 Å². The molecule has 1 fully saturated rings. The van der Waals surface area contributed by atoms with Crippen molar-refractivity contribution in [2.75, 3.05) is 0 Å². The lowest BCUT2D eigenvalue weighted by Crippen LogP contribution is -2.18. The Hall–Kier alpha value is -0.330. The lowest BCUT2D eigenvalue weighted by Gasteiger charge is -2.20. The average Bonchev–Trinajstić information content (AvgIpc) is 2.66. The van der Waals surface area contributed by atoms with E-state index < -0.39 is 11.1 Å². The van der Waals surface area contributed by atoms with E-state index in [1.807, 2.05) is 6.92 Å². The minimum Gasteiger partial charge on any atom is -0.287 e. The van der Waals surface area contributed by atoms with Gasteiger partial charge in [-0.25, -0.2) is 4.21 Å². The molecule has 1 aliphatic carbocycles. The van der Waals surface area contributed by atoms with Gasteiger partial charge in [0.1, 0.15) is 0 Å². The van der Waals surface area contributed by atoms with Crippen molar-refractivity contribution in [2.45, 2.75) is 50.9 Å². The summed E-state index contributed by atoms with van der Waals surface area (Å²) in [6.45, 7) is 1.89. The van der Waals surface area contributed by atoms with Crippen LogP contribution in [0.1, 0.15) is 42.7 Å². The minimum absolute atomic E-state index is 0.191. The molecule has 4 nitrogen and oxygen atoms in total. The summed E-state index contributed by atoms with van der Waals surface area (Å²) in [7, 11) is 0. The zero-order chi connectivity index (χ0) is 11.4. The molecule has 1 aliphatic rings. The molecule has 16 heavy (non-hydrogen) atoms. The highest BCUT2D eigenvalue weighted by molar-refractivity contribution is 7.79. The maximum Gasteiger partial charge on any atom is 0.161 e. The lowest BCUT2D eigenvalue weighted by atomic mass is 9.98. The topological polar surface area (TPSA) is 52.1 Å². The van der Waals surface area contributed by atoms with Crippen LogP contribution in [0.2, 0.25) is 0 Å². The molecule has 0 bridgehead atoms. The normalized spacial score (nSPS) is 19.8. The van der Waals surface area contributed by atoms with E-state index in [0.29, 0.717) is 5.75 Å². The molecule has 0 N–H and O–H groups in total. The predicted octanol–water partition coefficient (Wildman–Crippen LogP) is 2.36. The molecule has 1 aromatic rings. The molecule has 0 amide bonds. The monoisotopic (exact) mass is 260 g/mol. The molecule has 0 radical (unpaired) electrons. The average molecular weight is 260 g/mol. The van der Waals surface area contributed by atoms with Gasteiger partial charge in [0, 0.05) is 0 Å². The minimum atomic E-state index is -1.23. The third-order valence-corrected chi connectivity index (χ3v) is 4.81. The molecule has 0 aliphatic heterocycles. The molecule has 1 saturated carbocycles. The van der Waals surface area contributed by atoms with E-state index in [4.69, 9.17) is 4.18 Å². The number of nitrogens with zero attached hydrogens (tertiary/aromatic N) is 2. The fraction of sp³-hybridized carbons (Fsp3) is 0.800. The maximum absolute atomic E-state index is 11.8. The van der Waals surface area contributed by atoms with E-state index in [1.165, 1.54) is 30.8 Å². The van der Waals surface area contributed by atoms with Crippen molar-refractivity contribution in [1.29, 1.82) is 0 Å². The Labute approximate surface area is 102 Å². The van der Waals surface area contributed by atoms with Gasteiger partial charge in [-0.3, -0.25) is 4.18 Å². The number of rotatable bonds is 4. The summed E-state index contributed by atoms with van der Waals surface area (Å²) in [6.07, 6.45) is 5.96. The summed E-state index contributed by atoms with van der Waals surface area (Å²) >= 11 is 0.0789. The van der Waals surface area contributed by atoms with Gasteiger partial charge in [0.25, 0.3) is 0 Å². The van der Waals surface area contributed by atoms with Crippen molar-refractivity contribution in [3.05, 3.63) is 10.6 Å². The van der Waals surface area contributed by atoms with E-state index in [1.54, 1.807) is 0 Å². The van der Waals surface area contributed by atoms with Crippen LogP contribution in [-0.4, -0.2) is 19.9 Å². The zero-order valence-electron chi connectivity index (χ0n) is 9.35. The molecule has 0 spiro atoms. The molecule has 2 rings (SSSR count). The molecule has 1 unspecified atom stereocenters. The Morgan fingerprint density at radius 1 is 1.44 bits per heavy atom. The molecule has 0 aromatic carbocycles. The fourth-order valence-corrected chi connectivity index (χ4v) is 3.76. The highest BCUT2D eigenvalue weighted by Gasteiger charge is 2.18. The SMILES string of the molecule is Cc1nnsc1CS(=O)OC1CCCCC1. The molecule has 1 heterocycles. The molecule has 0 saturated heterocycles. The molecule has 1 atom stereocenters. The fourth-order valence-electron chi connectivity index (χ4n) is 1.84. The van der Waals surface area contributed by atoms with Gasteiger partial charge in [0.05, 0.1) is 22.4 Å². The van der Waals surface area contributed by atoms with Crippen LogP contribution < -0.4 is 0 Å². The Morgan fingerprint density at radius 2 is 2.19 bits per heavy atom. The van der Waals surface area contributed by atoms with Gasteiger partial charge in [-0.15, -0.1) is 5.10 Å². The number of aromatic nitrogens is 2. The van der Waals surface area contributed by atoms with Crippen molar-refractivity contribution < 1.29 is 8.39 Å². The smallest absolute Gasteiger partial charge is 0.161 e. The number of hydrogen-bond acceptors (Lipinski definition) is 5. The van der Waals surface area contributed by atoms with Crippen LogP contribution in [-0.2, 0) is 21.0 Å². The van der Waals surface area contributed by atoms with Gasteiger partial charge in [-0.05, 0) is 31.3 Å². The van der Waals surface area contributed by atoms with Crippen LogP contribution in [0, 0.1) is 6.92 Å². The summed E-state index contributed by atoms with van der Waals surface area (Å²) < 4.78 is 21.1. The lowest BCUT2D eigenvalue weighted by molar-refractivity contribution is 0.174. The maximum atomic E-state index is 11.8. The molecule has 1 aromatic heterocycles. The Morgan fingerprint density at radius 3 is 2.81 bits per heavy atom. The molecular weight excluding hydrogens is 244 g/mol. The summed E-state index contributed by atoms with van der Waals surface area (Å²) in [5.41, 5.74) is 0.866. The van der Waals surface area contributed by atoms with Crippen molar-refractivity contribution in [3.8, 4) is 0 Å². The highest BCUT2D eigenvalue weighted by atomic mass is 32.2. The van der Waals surface area contributed by atoms with E-state index in [2.05, 4.69) is 9.59 Å². The quantitative estimate of drug-likeness (QED) is 0.834. The van der Waals surface area contributed by atoms with Gasteiger partial charge >= 0.3 is 0 Å². The standard InChI is InChI=1S/C10H16N2O2S2/c1-8-10(15-12-11-8)7-16(13)14-9-5-3-2-4-6-9/h9H,2-7H2,1H3. The molecular formula is C10H16N2O2S2. The van der Waals surface area contributed by atoms with Crippen molar-refractivity contribution >= 4 is 22.6 Å². The second-order valence-electron chi connectivity index (χ2n) is 4.09. The van der Waals surface area contributed by atoms with Crippen molar-refractivity contribution in [1.82, 2.24) is 9.59 Å². The number of hydrogen-bond donors (Lipinski definition) is 0. The van der Waals surface area contributed by atoms with Gasteiger partial charge < -0.3 is 0 Å². The van der Waals surface area contributed by atoms with Gasteiger partial charge in [-0.2, -0.15) is 0 Å². The van der Waals surface area contributed by atoms with E-state index >= 15 is 0 Å². The first-order chi connectivity index (χ1) is 7.75. The summed E-state index contributed by atoms with van der Waals surface area (Å²) in [4.78, 5) is 0.967. The predicted molar refractivity (Wildman–Crippen MR) is 64.5 cm³/mol. The Kier molecular flexibility index (Phi) is 4.43. The van der Waals surface area contributed by atoms with E-state index in [0.717, 1.165) is 23.4 Å². The highest BCUT2D eigenvalue weighted by Crippen LogP contribution is 2.22. The van der Waals surface area contributed by atoms with Crippen molar-refractivity contribution in [2.24, 2.45) is 0 Å². The van der Waals surface area contributed by atoms with Crippen LogP contribution in [0.15, 0.2) is 0 Å². The van der Waals surface area contributed by atoms with Crippen LogP contribution in [0.3, 0.4) is 0 Å². The molecule has 6 heteroatoms. The van der Waals surface area contributed by atoms with Crippen LogP contribution in [0.25, 0.3) is 0 Å². The Balaban J connectivity index is 1.82. The summed E-state index contributed by atoms with van der Waals surface area (Å²) in [5, 5.41) is 3.90. The Bertz CT molecular complexity index is 361. The van der Waals surface area contributed by atoms with Crippen LogP contribution >= 0.6 is 11.5 Å². The third kappa shape index (κ3) is 3.33. The van der Waals surface area contributed by atoms with Crippen molar-refractivity contribution in [3.63, 3.8) is 0 Å². The molecule has 90 valence electrons. The van der Waals surface area contributed by atoms with Gasteiger partial charge in [0.2, 0.25) is 0 Å². The first-order valence-electron chi connectivity index (χ1n) is 5.59. The van der Waals surface area contributed by atoms with Gasteiger partial charge in [0.15, 0.2) is 11.1 Å². The summed E-state index contributed by atoms with van der Waals surface area (Å²) in [5.74, 6) is 0.431. The largest absolute Gasteiger partial charge is 0.287 e. The second-order valence-corrected chi connectivity index (χ2v) is 6.01. The second kappa shape index (κ2) is 5.84. The van der Waals surface area contributed by atoms with E-state index in [9.17, 15) is 4.21 Å².